The van der Waals surface area contributed by atoms with Gasteiger partial charge in [-0.05, 0) is 24.3 Å². The number of aromatic nitrogens is 3. The zero-order valence-corrected chi connectivity index (χ0v) is 17.8. The molecule has 0 fully saturated rings. The second kappa shape index (κ2) is 10.5. The summed E-state index contributed by atoms with van der Waals surface area (Å²) in [6.07, 6.45) is 0.374. The first-order chi connectivity index (χ1) is 15.3. The maximum atomic E-state index is 13.6. The van der Waals surface area contributed by atoms with E-state index in [1.807, 2.05) is 0 Å². The van der Waals surface area contributed by atoms with Crippen molar-refractivity contribution in [3.63, 3.8) is 0 Å². The Morgan fingerprint density at radius 1 is 1.16 bits per heavy atom. The number of amides is 2. The summed E-state index contributed by atoms with van der Waals surface area (Å²) in [7, 11) is 1.74. The summed E-state index contributed by atoms with van der Waals surface area (Å²) >= 11 is 1.17. The molecular weight excluding hydrogens is 439 g/mol. The highest BCUT2D eigenvalue weighted by Gasteiger charge is 2.14. The molecule has 12 heteroatoms. The van der Waals surface area contributed by atoms with Gasteiger partial charge in [0.1, 0.15) is 11.6 Å². The molecule has 0 saturated heterocycles. The van der Waals surface area contributed by atoms with E-state index in [9.17, 15) is 24.1 Å². The first-order valence-corrected chi connectivity index (χ1v) is 10.4. The van der Waals surface area contributed by atoms with Crippen molar-refractivity contribution in [1.82, 2.24) is 20.1 Å². The van der Waals surface area contributed by atoms with E-state index in [4.69, 9.17) is 0 Å². The number of carbonyl (C=O) groups excluding carboxylic acids is 2. The highest BCUT2D eigenvalue weighted by Crippen LogP contribution is 2.18. The summed E-state index contributed by atoms with van der Waals surface area (Å²) in [5.41, 5.74) is 0.361. The normalized spacial score (nSPS) is 10.6. The van der Waals surface area contributed by atoms with Gasteiger partial charge in [0.25, 0.3) is 11.6 Å². The van der Waals surface area contributed by atoms with E-state index in [1.54, 1.807) is 17.7 Å². The third-order valence-corrected chi connectivity index (χ3v) is 5.39. The number of non-ortho nitro benzene ring substituents is 1. The minimum absolute atomic E-state index is 0.0271. The predicted molar refractivity (Wildman–Crippen MR) is 116 cm³/mol. The minimum Gasteiger partial charge on any atom is -0.351 e. The molecule has 166 valence electrons. The van der Waals surface area contributed by atoms with E-state index in [-0.39, 0.29) is 29.5 Å². The van der Waals surface area contributed by atoms with Crippen LogP contribution >= 0.6 is 11.8 Å². The number of hydrogen-bond acceptors (Lipinski definition) is 7. The number of nitrogens with one attached hydrogen (secondary N) is 2. The first kappa shape index (κ1) is 22.9. The van der Waals surface area contributed by atoms with Crippen molar-refractivity contribution in [3.05, 3.63) is 75.9 Å². The summed E-state index contributed by atoms with van der Waals surface area (Å²) < 4.78 is 15.4. The molecular formula is C20H19FN6O4S. The van der Waals surface area contributed by atoms with Gasteiger partial charge in [-0.1, -0.05) is 23.9 Å². The lowest BCUT2D eigenvalue weighted by Crippen LogP contribution is -2.27. The second-order valence-corrected chi connectivity index (χ2v) is 7.53. The van der Waals surface area contributed by atoms with Crippen LogP contribution in [0.4, 0.5) is 15.8 Å². The lowest BCUT2D eigenvalue weighted by molar-refractivity contribution is -0.384. The number of anilines is 1. The minimum atomic E-state index is -0.589. The van der Waals surface area contributed by atoms with Crippen molar-refractivity contribution < 1.29 is 18.9 Å². The average molecular weight is 458 g/mol. The van der Waals surface area contributed by atoms with Crippen molar-refractivity contribution in [2.45, 2.75) is 11.6 Å². The van der Waals surface area contributed by atoms with Crippen LogP contribution in [0.1, 0.15) is 16.2 Å². The lowest BCUT2D eigenvalue weighted by atomic mass is 10.2. The van der Waals surface area contributed by atoms with Gasteiger partial charge in [-0.2, -0.15) is 0 Å². The van der Waals surface area contributed by atoms with Gasteiger partial charge in [0.15, 0.2) is 5.16 Å². The van der Waals surface area contributed by atoms with E-state index in [2.05, 4.69) is 20.8 Å². The molecule has 1 heterocycles. The number of thioether (sulfide) groups is 1. The molecule has 1 aromatic heterocycles. The number of hydrogen-bond donors (Lipinski definition) is 2. The molecule has 0 spiro atoms. The molecule has 0 bridgehead atoms. The van der Waals surface area contributed by atoms with Crippen molar-refractivity contribution >= 4 is 35.0 Å². The highest BCUT2D eigenvalue weighted by molar-refractivity contribution is 7.99. The van der Waals surface area contributed by atoms with E-state index in [0.717, 1.165) is 0 Å². The molecule has 0 atom stereocenters. The zero-order valence-electron chi connectivity index (χ0n) is 16.9. The van der Waals surface area contributed by atoms with E-state index in [0.29, 0.717) is 23.1 Å². The van der Waals surface area contributed by atoms with Crippen LogP contribution in [-0.4, -0.2) is 43.8 Å². The molecule has 0 aliphatic rings. The molecule has 10 nitrogen and oxygen atoms in total. The van der Waals surface area contributed by atoms with Gasteiger partial charge in [0.2, 0.25) is 5.91 Å². The number of rotatable bonds is 9. The Morgan fingerprint density at radius 2 is 1.88 bits per heavy atom. The predicted octanol–water partition coefficient (Wildman–Crippen LogP) is 2.57. The molecule has 0 aliphatic heterocycles. The molecule has 3 aromatic rings. The van der Waals surface area contributed by atoms with Crippen LogP contribution in [0.2, 0.25) is 0 Å². The van der Waals surface area contributed by atoms with Crippen LogP contribution in [0.15, 0.2) is 53.7 Å². The van der Waals surface area contributed by atoms with Gasteiger partial charge in [-0.25, -0.2) is 4.39 Å². The average Bonchev–Trinajstić information content (AvgIpc) is 3.12. The van der Waals surface area contributed by atoms with Gasteiger partial charge in [-0.15, -0.1) is 10.2 Å². The van der Waals surface area contributed by atoms with Crippen molar-refractivity contribution in [3.8, 4) is 0 Å². The number of halogens is 1. The fraction of sp³-hybridized carbons (Fsp3) is 0.200. The third-order valence-electron chi connectivity index (χ3n) is 4.37. The van der Waals surface area contributed by atoms with E-state index < -0.39 is 16.6 Å². The quantitative estimate of drug-likeness (QED) is 0.286. The van der Waals surface area contributed by atoms with Crippen LogP contribution in [0.25, 0.3) is 0 Å². The van der Waals surface area contributed by atoms with Crippen LogP contribution in [0.3, 0.4) is 0 Å². The van der Waals surface area contributed by atoms with Crippen LogP contribution in [0.5, 0.6) is 0 Å². The smallest absolute Gasteiger partial charge is 0.269 e. The Morgan fingerprint density at radius 3 is 2.56 bits per heavy atom. The molecule has 2 N–H and O–H groups in total. The number of nitro groups is 1. The third kappa shape index (κ3) is 5.88. The van der Waals surface area contributed by atoms with Crippen molar-refractivity contribution in [2.75, 3.05) is 17.6 Å². The van der Waals surface area contributed by atoms with Crippen molar-refractivity contribution in [1.29, 1.82) is 0 Å². The molecule has 32 heavy (non-hydrogen) atoms. The maximum absolute atomic E-state index is 13.6. The van der Waals surface area contributed by atoms with E-state index in [1.165, 1.54) is 54.2 Å². The Labute approximate surface area is 186 Å². The molecule has 2 amide bonds. The first-order valence-electron chi connectivity index (χ1n) is 9.43. The van der Waals surface area contributed by atoms with Gasteiger partial charge in [0, 0.05) is 37.8 Å². The lowest BCUT2D eigenvalue weighted by Gasteiger charge is -2.07. The summed E-state index contributed by atoms with van der Waals surface area (Å²) in [5, 5.41) is 24.6. The summed E-state index contributed by atoms with van der Waals surface area (Å²) in [5.74, 6) is -0.743. The number of benzene rings is 2. The summed E-state index contributed by atoms with van der Waals surface area (Å²) in [6.45, 7) is 0.241. The van der Waals surface area contributed by atoms with Crippen LogP contribution in [0, 0.1) is 15.9 Å². The monoisotopic (exact) mass is 458 g/mol. The Balaban J connectivity index is 1.47. The molecule has 0 saturated carbocycles. The largest absolute Gasteiger partial charge is 0.351 e. The molecule has 0 unspecified atom stereocenters. The zero-order chi connectivity index (χ0) is 23.1. The molecule has 2 aromatic carbocycles. The van der Waals surface area contributed by atoms with E-state index >= 15 is 0 Å². The number of carbonyl (C=O) groups is 2. The fourth-order valence-corrected chi connectivity index (χ4v) is 3.44. The van der Waals surface area contributed by atoms with Crippen molar-refractivity contribution in [2.24, 2.45) is 7.05 Å². The number of nitro benzene ring substituents is 1. The molecule has 0 radical (unpaired) electrons. The molecule has 0 aliphatic carbocycles. The van der Waals surface area contributed by atoms with Gasteiger partial charge in [-0.3, -0.25) is 19.7 Å². The van der Waals surface area contributed by atoms with Gasteiger partial charge >= 0.3 is 0 Å². The van der Waals surface area contributed by atoms with Gasteiger partial charge < -0.3 is 15.2 Å². The Kier molecular flexibility index (Phi) is 7.49. The maximum Gasteiger partial charge on any atom is 0.269 e. The highest BCUT2D eigenvalue weighted by atomic mass is 32.2. The van der Waals surface area contributed by atoms with Crippen LogP contribution < -0.4 is 10.6 Å². The molecule has 3 rings (SSSR count). The fourth-order valence-electron chi connectivity index (χ4n) is 2.71. The SMILES string of the molecule is Cn1c(CCNC(=O)c2ccccc2F)nnc1SCC(=O)Nc1ccc([N+](=O)[O-])cc1. The second-order valence-electron chi connectivity index (χ2n) is 6.58. The Bertz CT molecular complexity index is 1140. The summed E-state index contributed by atoms with van der Waals surface area (Å²) in [4.78, 5) is 34.3. The summed E-state index contributed by atoms with van der Waals surface area (Å²) in [6, 6.07) is 11.3. The van der Waals surface area contributed by atoms with Gasteiger partial charge in [0.05, 0.1) is 16.2 Å². The Hall–Kier alpha value is -3.80. The topological polar surface area (TPSA) is 132 Å². The van der Waals surface area contributed by atoms with Crippen LogP contribution in [-0.2, 0) is 18.3 Å². The standard InChI is InChI=1S/C20H19FN6O4S/c1-26-17(10-11-22-19(29)15-4-2-3-5-16(15)21)24-25-20(26)32-12-18(28)23-13-6-8-14(9-7-13)27(30)31/h2-9H,10-12H2,1H3,(H,22,29)(H,23,28). The number of nitrogens with zero attached hydrogens (tertiary/aromatic N) is 4.